The zero-order valence-electron chi connectivity index (χ0n) is 11.7. The standard InChI is InChI=1S/C12H19F5O4/c1-19-8-9-21-10(18)20-7-5-3-2-4-6-11(13,14)12(15,16)17/h2-9H2,1H3. The maximum Gasteiger partial charge on any atom is 0.508 e. The average Bonchev–Trinajstić information content (AvgIpc) is 2.36. The second kappa shape index (κ2) is 9.75. The van der Waals surface area contributed by atoms with E-state index in [1.807, 2.05) is 0 Å². The summed E-state index contributed by atoms with van der Waals surface area (Å²) in [6, 6.07) is 0. The van der Waals surface area contributed by atoms with Crippen LogP contribution in [0.2, 0.25) is 0 Å². The first kappa shape index (κ1) is 19.9. The van der Waals surface area contributed by atoms with Crippen LogP contribution in [0.1, 0.15) is 32.1 Å². The fourth-order valence-corrected chi connectivity index (χ4v) is 1.35. The van der Waals surface area contributed by atoms with Gasteiger partial charge in [-0.3, -0.25) is 0 Å². The highest BCUT2D eigenvalue weighted by atomic mass is 19.4. The lowest BCUT2D eigenvalue weighted by molar-refractivity contribution is -0.284. The van der Waals surface area contributed by atoms with E-state index in [1.165, 1.54) is 7.11 Å². The first-order valence-corrected chi connectivity index (χ1v) is 6.44. The summed E-state index contributed by atoms with van der Waals surface area (Å²) in [5, 5.41) is 0. The van der Waals surface area contributed by atoms with E-state index in [0.29, 0.717) is 12.8 Å². The highest BCUT2D eigenvalue weighted by Crippen LogP contribution is 2.39. The van der Waals surface area contributed by atoms with Gasteiger partial charge in [-0.25, -0.2) is 4.79 Å². The van der Waals surface area contributed by atoms with Gasteiger partial charge in [-0.15, -0.1) is 0 Å². The molecule has 4 nitrogen and oxygen atoms in total. The van der Waals surface area contributed by atoms with Crippen molar-refractivity contribution in [1.29, 1.82) is 0 Å². The summed E-state index contributed by atoms with van der Waals surface area (Å²) in [6.45, 7) is 0.325. The fraction of sp³-hybridized carbons (Fsp3) is 0.917. The Labute approximate surface area is 119 Å². The predicted molar refractivity (Wildman–Crippen MR) is 63.3 cm³/mol. The summed E-state index contributed by atoms with van der Waals surface area (Å²) in [5.41, 5.74) is 0. The Balaban J connectivity index is 3.51. The van der Waals surface area contributed by atoms with Crippen LogP contribution in [0.4, 0.5) is 26.7 Å². The Hall–Kier alpha value is -1.12. The maximum absolute atomic E-state index is 12.5. The SMILES string of the molecule is COCCOC(=O)OCCCCCCC(F)(F)C(F)(F)F. The van der Waals surface area contributed by atoms with E-state index in [-0.39, 0.29) is 32.7 Å². The number of carbonyl (C=O) groups excluding carboxylic acids is 1. The molecular weight excluding hydrogens is 303 g/mol. The number of rotatable bonds is 10. The summed E-state index contributed by atoms with van der Waals surface area (Å²) in [5.74, 6) is -4.64. The summed E-state index contributed by atoms with van der Waals surface area (Å²) >= 11 is 0. The van der Waals surface area contributed by atoms with Crippen molar-refractivity contribution in [3.8, 4) is 0 Å². The normalized spacial score (nSPS) is 12.3. The third-order valence-electron chi connectivity index (χ3n) is 2.53. The molecule has 0 aromatic heterocycles. The number of methoxy groups -OCH3 is 1. The number of hydrogen-bond acceptors (Lipinski definition) is 4. The van der Waals surface area contributed by atoms with Crippen LogP contribution in [-0.2, 0) is 14.2 Å². The van der Waals surface area contributed by atoms with Crippen LogP contribution in [0, 0.1) is 0 Å². The number of carbonyl (C=O) groups is 1. The number of halogens is 5. The van der Waals surface area contributed by atoms with Crippen molar-refractivity contribution < 1.29 is 41.0 Å². The molecule has 0 spiro atoms. The van der Waals surface area contributed by atoms with E-state index in [4.69, 9.17) is 0 Å². The lowest BCUT2D eigenvalue weighted by Crippen LogP contribution is -2.36. The van der Waals surface area contributed by atoms with E-state index in [9.17, 15) is 26.7 Å². The predicted octanol–water partition coefficient (Wildman–Crippen LogP) is 3.93. The van der Waals surface area contributed by atoms with Crippen molar-refractivity contribution in [2.45, 2.75) is 44.2 Å². The number of alkyl halides is 5. The average molecular weight is 322 g/mol. The van der Waals surface area contributed by atoms with Crippen LogP contribution in [0.15, 0.2) is 0 Å². The highest BCUT2D eigenvalue weighted by Gasteiger charge is 2.56. The zero-order valence-corrected chi connectivity index (χ0v) is 11.7. The Morgan fingerprint density at radius 2 is 1.43 bits per heavy atom. The van der Waals surface area contributed by atoms with Gasteiger partial charge >= 0.3 is 18.3 Å². The van der Waals surface area contributed by atoms with Gasteiger partial charge in [0.15, 0.2) is 0 Å². The highest BCUT2D eigenvalue weighted by molar-refractivity contribution is 5.59. The van der Waals surface area contributed by atoms with Gasteiger partial charge in [0.25, 0.3) is 0 Å². The van der Waals surface area contributed by atoms with Crippen molar-refractivity contribution in [1.82, 2.24) is 0 Å². The second-order valence-electron chi connectivity index (χ2n) is 4.31. The lowest BCUT2D eigenvalue weighted by atomic mass is 10.1. The smallest absolute Gasteiger partial charge is 0.434 e. The Morgan fingerprint density at radius 1 is 0.857 bits per heavy atom. The van der Waals surface area contributed by atoms with E-state index in [2.05, 4.69) is 14.2 Å². The molecule has 0 unspecified atom stereocenters. The minimum Gasteiger partial charge on any atom is -0.434 e. The first-order chi connectivity index (χ1) is 9.70. The molecule has 0 saturated carbocycles. The molecule has 9 heteroatoms. The van der Waals surface area contributed by atoms with Crippen LogP contribution >= 0.6 is 0 Å². The van der Waals surface area contributed by atoms with Gasteiger partial charge in [0.2, 0.25) is 0 Å². The molecule has 0 atom stereocenters. The number of hydrogen-bond donors (Lipinski definition) is 0. The van der Waals surface area contributed by atoms with Gasteiger partial charge in [-0.1, -0.05) is 12.8 Å². The minimum atomic E-state index is -5.50. The molecule has 0 bridgehead atoms. The first-order valence-electron chi connectivity index (χ1n) is 6.44. The summed E-state index contributed by atoms with van der Waals surface area (Å²) in [4.78, 5) is 10.9. The molecule has 126 valence electrons. The van der Waals surface area contributed by atoms with E-state index in [0.717, 1.165) is 0 Å². The third-order valence-corrected chi connectivity index (χ3v) is 2.53. The molecule has 21 heavy (non-hydrogen) atoms. The van der Waals surface area contributed by atoms with Gasteiger partial charge in [-0.2, -0.15) is 22.0 Å². The van der Waals surface area contributed by atoms with Crippen LogP contribution in [0.25, 0.3) is 0 Å². The molecule has 0 aliphatic heterocycles. The van der Waals surface area contributed by atoms with Crippen molar-refractivity contribution >= 4 is 6.16 Å². The molecule has 0 aromatic carbocycles. The van der Waals surface area contributed by atoms with Crippen LogP contribution in [0.5, 0.6) is 0 Å². The van der Waals surface area contributed by atoms with Crippen LogP contribution < -0.4 is 0 Å². The maximum atomic E-state index is 12.5. The van der Waals surface area contributed by atoms with Gasteiger partial charge in [0, 0.05) is 13.5 Å². The van der Waals surface area contributed by atoms with Gasteiger partial charge in [0.1, 0.15) is 6.61 Å². The number of ether oxygens (including phenoxy) is 3. The molecule has 0 aromatic rings. The monoisotopic (exact) mass is 322 g/mol. The van der Waals surface area contributed by atoms with Crippen molar-refractivity contribution in [3.05, 3.63) is 0 Å². The Morgan fingerprint density at radius 3 is 2.00 bits per heavy atom. The van der Waals surface area contributed by atoms with Crippen molar-refractivity contribution in [2.24, 2.45) is 0 Å². The lowest BCUT2D eigenvalue weighted by Gasteiger charge is -2.19. The van der Waals surface area contributed by atoms with Crippen molar-refractivity contribution in [2.75, 3.05) is 26.9 Å². The van der Waals surface area contributed by atoms with Gasteiger partial charge in [-0.05, 0) is 12.8 Å². The zero-order chi connectivity index (χ0) is 16.4. The van der Waals surface area contributed by atoms with Crippen LogP contribution in [0.3, 0.4) is 0 Å². The fourth-order valence-electron chi connectivity index (χ4n) is 1.35. The summed E-state index contributed by atoms with van der Waals surface area (Å²) in [6.07, 6.45) is -6.87. The molecule has 0 radical (unpaired) electrons. The molecule has 0 aliphatic rings. The quantitative estimate of drug-likeness (QED) is 0.347. The van der Waals surface area contributed by atoms with E-state index in [1.54, 1.807) is 0 Å². The minimum absolute atomic E-state index is 0.0292. The number of unbranched alkanes of at least 4 members (excludes halogenated alkanes) is 3. The topological polar surface area (TPSA) is 44.8 Å². The van der Waals surface area contributed by atoms with E-state index >= 15 is 0 Å². The third kappa shape index (κ3) is 9.43. The Kier molecular flexibility index (Phi) is 9.23. The molecule has 0 saturated heterocycles. The largest absolute Gasteiger partial charge is 0.508 e. The summed E-state index contributed by atoms with van der Waals surface area (Å²) in [7, 11) is 1.44. The van der Waals surface area contributed by atoms with Crippen LogP contribution in [-0.4, -0.2) is 45.2 Å². The molecule has 0 rings (SSSR count). The molecule has 0 amide bonds. The Bertz CT molecular complexity index is 294. The molecule has 0 aliphatic carbocycles. The molecular formula is C12H19F5O4. The van der Waals surface area contributed by atoms with Gasteiger partial charge in [0.05, 0.1) is 13.2 Å². The van der Waals surface area contributed by atoms with Crippen molar-refractivity contribution in [3.63, 3.8) is 0 Å². The van der Waals surface area contributed by atoms with Gasteiger partial charge < -0.3 is 14.2 Å². The van der Waals surface area contributed by atoms with E-state index < -0.39 is 24.7 Å². The molecule has 0 heterocycles. The second-order valence-corrected chi connectivity index (χ2v) is 4.31. The molecule has 0 fully saturated rings. The molecule has 0 N–H and O–H groups in total. The summed E-state index contributed by atoms with van der Waals surface area (Å²) < 4.78 is 74.5.